The molecule has 0 saturated heterocycles. The maximum atomic E-state index is 12.2. The molecular formula is C22H19N5OS2. The number of rotatable bonds is 7. The molecule has 8 heteroatoms. The summed E-state index contributed by atoms with van der Waals surface area (Å²) in [5.74, 6) is 0.714. The van der Waals surface area contributed by atoms with E-state index in [-0.39, 0.29) is 11.7 Å². The molecule has 2 heterocycles. The van der Waals surface area contributed by atoms with Crippen LogP contribution in [0, 0.1) is 6.92 Å². The highest BCUT2D eigenvalue weighted by Crippen LogP contribution is 2.28. The minimum atomic E-state index is -0.201. The van der Waals surface area contributed by atoms with Crippen molar-refractivity contribution in [3.63, 3.8) is 0 Å². The van der Waals surface area contributed by atoms with E-state index in [2.05, 4.69) is 20.7 Å². The monoisotopic (exact) mass is 433 g/mol. The highest BCUT2D eigenvalue weighted by Gasteiger charge is 2.17. The topological polar surface area (TPSA) is 72.2 Å². The van der Waals surface area contributed by atoms with Crippen molar-refractivity contribution >= 4 is 35.2 Å². The van der Waals surface area contributed by atoms with Crippen LogP contribution >= 0.6 is 23.1 Å². The number of nitrogens with zero attached hydrogens (tertiary/aromatic N) is 4. The van der Waals surface area contributed by atoms with Gasteiger partial charge in [0.2, 0.25) is 0 Å². The third-order valence-corrected chi connectivity index (χ3v) is 5.95. The summed E-state index contributed by atoms with van der Waals surface area (Å²) in [6.07, 6.45) is 1.63. The predicted octanol–water partition coefficient (Wildman–Crippen LogP) is 4.55. The molecule has 2 aromatic carbocycles. The number of carbonyl (C=O) groups excluding carboxylic acids is 1. The fourth-order valence-corrected chi connectivity index (χ4v) is 4.09. The van der Waals surface area contributed by atoms with Crippen LogP contribution < -0.4 is 5.43 Å². The molecule has 0 fully saturated rings. The van der Waals surface area contributed by atoms with Gasteiger partial charge >= 0.3 is 0 Å². The molecule has 4 rings (SSSR count). The number of aromatic nitrogens is 3. The molecule has 0 aliphatic rings. The van der Waals surface area contributed by atoms with Crippen molar-refractivity contribution in [3.8, 4) is 17.1 Å². The second-order valence-electron chi connectivity index (χ2n) is 6.44. The van der Waals surface area contributed by atoms with E-state index < -0.39 is 0 Å². The minimum Gasteiger partial charge on any atom is -0.272 e. The first-order chi connectivity index (χ1) is 14.7. The Morgan fingerprint density at radius 3 is 2.63 bits per heavy atom. The van der Waals surface area contributed by atoms with Gasteiger partial charge < -0.3 is 0 Å². The van der Waals surface area contributed by atoms with Gasteiger partial charge in [0.1, 0.15) is 0 Å². The van der Waals surface area contributed by atoms with Crippen LogP contribution in [0.25, 0.3) is 17.1 Å². The molecule has 4 aromatic rings. The van der Waals surface area contributed by atoms with Crippen molar-refractivity contribution in [3.05, 3.63) is 82.6 Å². The number of aryl methyl sites for hydroxylation is 1. The zero-order valence-corrected chi connectivity index (χ0v) is 17.9. The lowest BCUT2D eigenvalue weighted by molar-refractivity contribution is -0.118. The summed E-state index contributed by atoms with van der Waals surface area (Å²) in [5.41, 5.74) is 5.63. The van der Waals surface area contributed by atoms with Crippen molar-refractivity contribution < 1.29 is 4.79 Å². The average Bonchev–Trinajstić information content (AvgIpc) is 3.43. The molecule has 0 saturated carbocycles. The smallest absolute Gasteiger partial charge is 0.250 e. The van der Waals surface area contributed by atoms with Crippen molar-refractivity contribution in [2.75, 3.05) is 5.75 Å². The van der Waals surface area contributed by atoms with Crippen LogP contribution in [0.15, 0.2) is 82.4 Å². The van der Waals surface area contributed by atoms with E-state index in [1.54, 1.807) is 17.6 Å². The van der Waals surface area contributed by atoms with E-state index in [4.69, 9.17) is 0 Å². The summed E-state index contributed by atoms with van der Waals surface area (Å²) >= 11 is 2.88. The third kappa shape index (κ3) is 4.84. The molecule has 0 aliphatic carbocycles. The van der Waals surface area contributed by atoms with Crippen LogP contribution in [0.2, 0.25) is 0 Å². The fraction of sp³-hybridized carbons (Fsp3) is 0.0909. The Morgan fingerprint density at radius 2 is 1.90 bits per heavy atom. The second kappa shape index (κ2) is 9.51. The van der Waals surface area contributed by atoms with Crippen LogP contribution in [0.1, 0.15) is 10.4 Å². The highest BCUT2D eigenvalue weighted by atomic mass is 32.2. The van der Waals surface area contributed by atoms with Gasteiger partial charge in [0, 0.05) is 16.1 Å². The molecule has 0 atom stereocenters. The summed E-state index contributed by atoms with van der Waals surface area (Å²) in [4.78, 5) is 13.2. The molecule has 0 unspecified atom stereocenters. The molecule has 0 radical (unpaired) electrons. The lowest BCUT2D eigenvalue weighted by atomic mass is 10.2. The van der Waals surface area contributed by atoms with Crippen molar-refractivity contribution in [1.29, 1.82) is 0 Å². The number of carbonyl (C=O) groups is 1. The van der Waals surface area contributed by atoms with Gasteiger partial charge in [-0.25, -0.2) is 5.43 Å². The standard InChI is InChI=1S/C22H19N5OS2/c1-16-9-11-18(12-10-16)27-21(17-6-3-2-4-7-17)25-26-22(27)30-15-20(28)24-23-14-19-8-5-13-29-19/h2-14H,15H2,1H3,(H,24,28). The highest BCUT2D eigenvalue weighted by molar-refractivity contribution is 7.99. The van der Waals surface area contributed by atoms with Crippen LogP contribution in [0.5, 0.6) is 0 Å². The number of thiophene rings is 1. The number of hydrazone groups is 1. The average molecular weight is 434 g/mol. The Kier molecular flexibility index (Phi) is 6.36. The normalized spacial score (nSPS) is 11.1. The quantitative estimate of drug-likeness (QED) is 0.264. The molecule has 1 amide bonds. The first kappa shape index (κ1) is 20.1. The van der Waals surface area contributed by atoms with Crippen molar-refractivity contribution in [2.45, 2.75) is 12.1 Å². The van der Waals surface area contributed by atoms with Gasteiger partial charge in [0.05, 0.1) is 12.0 Å². The summed E-state index contributed by atoms with van der Waals surface area (Å²) in [6, 6.07) is 21.9. The number of benzene rings is 2. The molecule has 1 N–H and O–H groups in total. The molecule has 2 aromatic heterocycles. The van der Waals surface area contributed by atoms with Gasteiger partial charge in [-0.05, 0) is 30.5 Å². The van der Waals surface area contributed by atoms with E-state index in [1.807, 2.05) is 83.6 Å². The van der Waals surface area contributed by atoms with Crippen molar-refractivity contribution in [2.24, 2.45) is 5.10 Å². The molecule has 0 bridgehead atoms. The van der Waals surface area contributed by atoms with Gasteiger partial charge in [0.25, 0.3) is 5.91 Å². The molecule has 30 heavy (non-hydrogen) atoms. The number of thioether (sulfide) groups is 1. The van der Waals surface area contributed by atoms with Gasteiger partial charge in [-0.3, -0.25) is 9.36 Å². The number of amides is 1. The number of nitrogens with one attached hydrogen (secondary N) is 1. The van der Waals surface area contributed by atoms with E-state index in [9.17, 15) is 4.79 Å². The zero-order valence-electron chi connectivity index (χ0n) is 16.2. The molecule has 0 aliphatic heterocycles. The van der Waals surface area contributed by atoms with Crippen LogP contribution in [-0.4, -0.2) is 32.6 Å². The van der Waals surface area contributed by atoms with Gasteiger partial charge in [-0.15, -0.1) is 21.5 Å². The fourth-order valence-electron chi connectivity index (χ4n) is 2.76. The largest absolute Gasteiger partial charge is 0.272 e. The van der Waals surface area contributed by atoms with Crippen LogP contribution in [0.3, 0.4) is 0 Å². The lowest BCUT2D eigenvalue weighted by Crippen LogP contribution is -2.19. The molecule has 150 valence electrons. The van der Waals surface area contributed by atoms with E-state index >= 15 is 0 Å². The van der Waals surface area contributed by atoms with Crippen molar-refractivity contribution in [1.82, 2.24) is 20.2 Å². The Hall–Kier alpha value is -3.23. The summed E-state index contributed by atoms with van der Waals surface area (Å²) in [5, 5.41) is 15.3. The van der Waals surface area contributed by atoms with Gasteiger partial charge in [-0.2, -0.15) is 5.10 Å². The lowest BCUT2D eigenvalue weighted by Gasteiger charge is -2.10. The maximum Gasteiger partial charge on any atom is 0.250 e. The number of hydrogen-bond donors (Lipinski definition) is 1. The van der Waals surface area contributed by atoms with E-state index in [0.29, 0.717) is 5.16 Å². The summed E-state index contributed by atoms with van der Waals surface area (Å²) in [7, 11) is 0. The Balaban J connectivity index is 1.53. The first-order valence-electron chi connectivity index (χ1n) is 9.27. The predicted molar refractivity (Wildman–Crippen MR) is 122 cm³/mol. The van der Waals surface area contributed by atoms with Crippen LogP contribution in [-0.2, 0) is 4.79 Å². The van der Waals surface area contributed by atoms with E-state index in [0.717, 1.165) is 22.0 Å². The van der Waals surface area contributed by atoms with Crippen LogP contribution in [0.4, 0.5) is 0 Å². The molecular weight excluding hydrogens is 414 g/mol. The Bertz CT molecular complexity index is 1140. The van der Waals surface area contributed by atoms with Gasteiger partial charge in [-0.1, -0.05) is 65.9 Å². The number of hydrogen-bond acceptors (Lipinski definition) is 6. The first-order valence-corrected chi connectivity index (χ1v) is 11.1. The third-order valence-electron chi connectivity index (χ3n) is 4.21. The van der Waals surface area contributed by atoms with E-state index in [1.165, 1.54) is 17.3 Å². The second-order valence-corrected chi connectivity index (χ2v) is 8.36. The Labute approximate surface area is 182 Å². The minimum absolute atomic E-state index is 0.181. The summed E-state index contributed by atoms with van der Waals surface area (Å²) in [6.45, 7) is 2.05. The summed E-state index contributed by atoms with van der Waals surface area (Å²) < 4.78 is 1.97. The molecule has 0 spiro atoms. The maximum absolute atomic E-state index is 12.2. The zero-order chi connectivity index (χ0) is 20.8. The Morgan fingerprint density at radius 1 is 1.10 bits per heavy atom. The molecule has 6 nitrogen and oxygen atoms in total. The SMILES string of the molecule is Cc1ccc(-n2c(SCC(=O)NN=Cc3cccs3)nnc2-c2ccccc2)cc1. The van der Waals surface area contributed by atoms with Gasteiger partial charge in [0.15, 0.2) is 11.0 Å².